The molecule has 0 unspecified atom stereocenters. The van der Waals surface area contributed by atoms with Gasteiger partial charge in [0.15, 0.2) is 11.7 Å². The van der Waals surface area contributed by atoms with Crippen LogP contribution in [-0.2, 0) is 16.0 Å². The van der Waals surface area contributed by atoms with Gasteiger partial charge in [0.1, 0.15) is 5.69 Å². The van der Waals surface area contributed by atoms with Crippen LogP contribution >= 0.6 is 0 Å². The van der Waals surface area contributed by atoms with Crippen molar-refractivity contribution in [2.24, 2.45) is 0 Å². The average molecular weight is 405 g/mol. The second kappa shape index (κ2) is 10.2. The first-order valence-electron chi connectivity index (χ1n) is 10.5. The largest absolute Gasteiger partial charge is 0.440 e. The third-order valence-corrected chi connectivity index (χ3v) is 5.17. The quantitative estimate of drug-likeness (QED) is 0.622. The number of carbonyl (C=O) groups excluding carboxylic acids is 1. The molecule has 156 valence electrons. The fraction of sp³-hybridized carbons (Fsp3) is 0.333. The molecule has 0 atom stereocenters. The molecule has 0 saturated carbocycles. The number of amides is 1. The number of nitrogens with one attached hydrogen (secondary N) is 1. The number of morpholine rings is 1. The molecule has 30 heavy (non-hydrogen) atoms. The van der Waals surface area contributed by atoms with Crippen LogP contribution in [0.2, 0.25) is 0 Å². The van der Waals surface area contributed by atoms with Crippen molar-refractivity contribution in [2.45, 2.75) is 12.8 Å². The molecule has 1 amide bonds. The first kappa shape index (κ1) is 20.3. The maximum atomic E-state index is 12.3. The Kier molecular flexibility index (Phi) is 6.90. The van der Waals surface area contributed by atoms with Crippen molar-refractivity contribution in [2.75, 3.05) is 39.4 Å². The number of aryl methyl sites for hydroxylation is 1. The molecular formula is C24H27N3O3. The normalized spacial score (nSPS) is 14.5. The number of nitrogens with zero attached hydrogens (tertiary/aromatic N) is 2. The smallest absolute Gasteiger partial charge is 0.220 e. The molecule has 1 N–H and O–H groups in total. The number of hydrogen-bond donors (Lipinski definition) is 1. The summed E-state index contributed by atoms with van der Waals surface area (Å²) in [7, 11) is 0. The molecule has 2 heterocycles. The van der Waals surface area contributed by atoms with Crippen LogP contribution in [0.4, 0.5) is 0 Å². The minimum Gasteiger partial charge on any atom is -0.440 e. The Labute approximate surface area is 176 Å². The molecule has 1 fully saturated rings. The molecule has 0 radical (unpaired) electrons. The molecule has 0 bridgehead atoms. The highest BCUT2D eigenvalue weighted by molar-refractivity contribution is 5.77. The van der Waals surface area contributed by atoms with Gasteiger partial charge in [-0.05, 0) is 0 Å². The van der Waals surface area contributed by atoms with Gasteiger partial charge in [-0.3, -0.25) is 9.69 Å². The lowest BCUT2D eigenvalue weighted by Crippen LogP contribution is -2.41. The van der Waals surface area contributed by atoms with Crippen LogP contribution in [0, 0.1) is 0 Å². The maximum Gasteiger partial charge on any atom is 0.220 e. The summed E-state index contributed by atoms with van der Waals surface area (Å²) in [6.45, 7) is 4.89. The van der Waals surface area contributed by atoms with Crippen LogP contribution in [0.25, 0.3) is 22.6 Å². The molecule has 4 rings (SSSR count). The lowest BCUT2D eigenvalue weighted by Gasteiger charge is -2.26. The van der Waals surface area contributed by atoms with Gasteiger partial charge < -0.3 is 14.5 Å². The van der Waals surface area contributed by atoms with E-state index in [0.717, 1.165) is 55.4 Å². The van der Waals surface area contributed by atoms with E-state index in [2.05, 4.69) is 10.2 Å². The van der Waals surface area contributed by atoms with E-state index in [1.165, 1.54) is 0 Å². The van der Waals surface area contributed by atoms with Crippen molar-refractivity contribution in [3.63, 3.8) is 0 Å². The molecule has 1 aromatic heterocycles. The lowest BCUT2D eigenvalue weighted by molar-refractivity contribution is -0.121. The molecule has 6 nitrogen and oxygen atoms in total. The van der Waals surface area contributed by atoms with Crippen LogP contribution < -0.4 is 5.32 Å². The molecule has 0 spiro atoms. The highest BCUT2D eigenvalue weighted by atomic mass is 16.5. The van der Waals surface area contributed by atoms with Gasteiger partial charge in [0, 0.05) is 50.1 Å². The van der Waals surface area contributed by atoms with Gasteiger partial charge in [-0.1, -0.05) is 60.7 Å². The number of hydrogen-bond acceptors (Lipinski definition) is 5. The number of benzene rings is 2. The van der Waals surface area contributed by atoms with Gasteiger partial charge in [0.25, 0.3) is 0 Å². The predicted molar refractivity (Wildman–Crippen MR) is 116 cm³/mol. The summed E-state index contributed by atoms with van der Waals surface area (Å²) in [6, 6.07) is 19.9. The number of ether oxygens (including phenoxy) is 1. The van der Waals surface area contributed by atoms with Crippen molar-refractivity contribution in [3.8, 4) is 22.6 Å². The van der Waals surface area contributed by atoms with E-state index >= 15 is 0 Å². The van der Waals surface area contributed by atoms with Crippen LogP contribution in [-0.4, -0.2) is 55.2 Å². The van der Waals surface area contributed by atoms with Crippen LogP contribution in [0.1, 0.15) is 12.3 Å². The molecule has 0 aliphatic carbocycles. The van der Waals surface area contributed by atoms with Crippen molar-refractivity contribution in [3.05, 3.63) is 66.6 Å². The third kappa shape index (κ3) is 5.34. The van der Waals surface area contributed by atoms with E-state index in [1.807, 2.05) is 60.7 Å². The third-order valence-electron chi connectivity index (χ3n) is 5.17. The van der Waals surface area contributed by atoms with Crippen LogP contribution in [0.3, 0.4) is 0 Å². The second-order valence-electron chi connectivity index (χ2n) is 7.32. The minimum atomic E-state index is 0.0176. The van der Waals surface area contributed by atoms with Gasteiger partial charge in [0.2, 0.25) is 5.91 Å². The fourth-order valence-corrected chi connectivity index (χ4v) is 3.54. The zero-order chi connectivity index (χ0) is 20.6. The molecular weight excluding hydrogens is 378 g/mol. The zero-order valence-electron chi connectivity index (χ0n) is 17.0. The maximum absolute atomic E-state index is 12.3. The predicted octanol–water partition coefficient (Wildman–Crippen LogP) is 3.39. The number of oxazole rings is 1. The lowest BCUT2D eigenvalue weighted by atomic mass is 10.1. The summed E-state index contributed by atoms with van der Waals surface area (Å²) in [6.07, 6.45) is 0.822. The summed E-state index contributed by atoms with van der Waals surface area (Å²) in [5.74, 6) is 1.34. The Morgan fingerprint density at radius 1 is 0.967 bits per heavy atom. The molecule has 1 aliphatic rings. The molecule has 1 saturated heterocycles. The van der Waals surface area contributed by atoms with Crippen LogP contribution in [0.15, 0.2) is 65.1 Å². The van der Waals surface area contributed by atoms with Crippen molar-refractivity contribution < 1.29 is 13.9 Å². The summed E-state index contributed by atoms with van der Waals surface area (Å²) < 4.78 is 11.4. The summed E-state index contributed by atoms with van der Waals surface area (Å²) in [4.78, 5) is 19.3. The Morgan fingerprint density at radius 2 is 1.63 bits per heavy atom. The van der Waals surface area contributed by atoms with Crippen molar-refractivity contribution in [1.29, 1.82) is 0 Å². The second-order valence-corrected chi connectivity index (χ2v) is 7.32. The van der Waals surface area contributed by atoms with E-state index < -0.39 is 0 Å². The Hall–Kier alpha value is -2.96. The highest BCUT2D eigenvalue weighted by Gasteiger charge is 2.17. The summed E-state index contributed by atoms with van der Waals surface area (Å²) in [5.41, 5.74) is 2.79. The van der Waals surface area contributed by atoms with E-state index in [1.54, 1.807) is 0 Å². The minimum absolute atomic E-state index is 0.0176. The first-order chi connectivity index (χ1) is 14.8. The van der Waals surface area contributed by atoms with Crippen molar-refractivity contribution in [1.82, 2.24) is 15.2 Å². The van der Waals surface area contributed by atoms with E-state index in [4.69, 9.17) is 14.1 Å². The number of aromatic nitrogens is 1. The van der Waals surface area contributed by atoms with E-state index in [-0.39, 0.29) is 5.91 Å². The van der Waals surface area contributed by atoms with E-state index in [9.17, 15) is 4.79 Å². The summed E-state index contributed by atoms with van der Waals surface area (Å²) in [5, 5.41) is 2.99. The topological polar surface area (TPSA) is 67.6 Å². The molecule has 3 aromatic rings. The number of rotatable bonds is 8. The van der Waals surface area contributed by atoms with Crippen LogP contribution in [0.5, 0.6) is 0 Å². The Bertz CT molecular complexity index is 878. The average Bonchev–Trinajstić information content (AvgIpc) is 3.24. The van der Waals surface area contributed by atoms with Gasteiger partial charge in [-0.25, -0.2) is 4.98 Å². The van der Waals surface area contributed by atoms with Gasteiger partial charge in [0.05, 0.1) is 13.2 Å². The van der Waals surface area contributed by atoms with Gasteiger partial charge in [-0.2, -0.15) is 0 Å². The SMILES string of the molecule is O=C(CCc1nc(-c2ccccc2)c(-c2ccccc2)o1)NCCN1CCOCC1. The highest BCUT2D eigenvalue weighted by Crippen LogP contribution is 2.32. The molecule has 2 aromatic carbocycles. The Balaban J connectivity index is 1.38. The molecule has 6 heteroatoms. The van der Waals surface area contributed by atoms with E-state index in [0.29, 0.717) is 25.3 Å². The zero-order valence-corrected chi connectivity index (χ0v) is 17.0. The molecule has 1 aliphatic heterocycles. The van der Waals surface area contributed by atoms with Gasteiger partial charge in [-0.15, -0.1) is 0 Å². The van der Waals surface area contributed by atoms with Gasteiger partial charge >= 0.3 is 0 Å². The Morgan fingerprint density at radius 3 is 2.33 bits per heavy atom. The fourth-order valence-electron chi connectivity index (χ4n) is 3.54. The standard InChI is InChI=1S/C24H27N3O3/c28-21(25-13-14-27-15-17-29-18-16-27)11-12-22-26-23(19-7-3-1-4-8-19)24(30-22)20-9-5-2-6-10-20/h1-10H,11-18H2,(H,25,28). The first-order valence-corrected chi connectivity index (χ1v) is 10.5. The summed E-state index contributed by atoms with van der Waals surface area (Å²) >= 11 is 0. The number of carbonyl (C=O) groups is 1. The van der Waals surface area contributed by atoms with Crippen molar-refractivity contribution >= 4 is 5.91 Å². The monoisotopic (exact) mass is 405 g/mol.